The van der Waals surface area contributed by atoms with Crippen molar-refractivity contribution in [2.75, 3.05) is 52.2 Å². The van der Waals surface area contributed by atoms with Gasteiger partial charge in [0.25, 0.3) is 0 Å². The molecule has 0 saturated heterocycles. The Morgan fingerprint density at radius 2 is 1.76 bits per heavy atom. The highest BCUT2D eigenvalue weighted by Crippen LogP contribution is 1.98. The molecule has 7 nitrogen and oxygen atoms in total. The van der Waals surface area contributed by atoms with Crippen LogP contribution in [0.3, 0.4) is 0 Å². The zero-order valence-corrected chi connectivity index (χ0v) is 19.4. The summed E-state index contributed by atoms with van der Waals surface area (Å²) in [4.78, 5) is 4.50. The molecule has 0 aromatic rings. The summed E-state index contributed by atoms with van der Waals surface area (Å²) in [6.45, 7) is 10.1. The molecule has 0 aliphatic heterocycles. The molecule has 0 aromatic carbocycles. The van der Waals surface area contributed by atoms with Gasteiger partial charge in [-0.2, -0.15) is 0 Å². The number of hydrogen-bond acceptors (Lipinski definition) is 4. The van der Waals surface area contributed by atoms with Crippen LogP contribution in [0.5, 0.6) is 0 Å². The molecule has 25 heavy (non-hydrogen) atoms. The fourth-order valence-electron chi connectivity index (χ4n) is 1.92. The van der Waals surface area contributed by atoms with Gasteiger partial charge in [0.2, 0.25) is 10.0 Å². The van der Waals surface area contributed by atoms with Crippen molar-refractivity contribution in [3.63, 3.8) is 0 Å². The lowest BCUT2D eigenvalue weighted by Crippen LogP contribution is -2.39. The van der Waals surface area contributed by atoms with E-state index < -0.39 is 10.0 Å². The zero-order chi connectivity index (χ0) is 18.3. The molecule has 0 fully saturated rings. The van der Waals surface area contributed by atoms with Crippen molar-refractivity contribution in [1.82, 2.24) is 14.9 Å². The number of nitrogens with zero attached hydrogens (tertiary/aromatic N) is 2. The number of hydrogen-bond donors (Lipinski definition) is 2. The van der Waals surface area contributed by atoms with E-state index in [-0.39, 0.29) is 29.7 Å². The normalized spacial score (nSPS) is 12.1. The van der Waals surface area contributed by atoms with Crippen molar-refractivity contribution in [3.8, 4) is 0 Å². The molecule has 0 heterocycles. The van der Waals surface area contributed by atoms with Gasteiger partial charge in [-0.1, -0.05) is 13.3 Å². The molecule has 0 radical (unpaired) electrons. The van der Waals surface area contributed by atoms with Gasteiger partial charge in [0.05, 0.1) is 5.75 Å². The van der Waals surface area contributed by atoms with Gasteiger partial charge in [-0.15, -0.1) is 24.0 Å². The Labute approximate surface area is 171 Å². The summed E-state index contributed by atoms with van der Waals surface area (Å²) < 4.78 is 30.2. The maximum atomic E-state index is 11.7. The maximum Gasteiger partial charge on any atom is 0.213 e. The number of rotatable bonds is 14. The summed E-state index contributed by atoms with van der Waals surface area (Å²) in [5.41, 5.74) is 0. The minimum Gasteiger partial charge on any atom is -0.381 e. The average Bonchev–Trinajstić information content (AvgIpc) is 2.57. The highest BCUT2D eigenvalue weighted by molar-refractivity contribution is 14.0. The number of unbranched alkanes of at least 4 members (excludes halogenated alkanes) is 1. The van der Waals surface area contributed by atoms with Gasteiger partial charge >= 0.3 is 0 Å². The standard InChI is InChI=1S/C16H36N4O3S.HI/c1-5-8-14-23-15-10-12-19-16(17-6-2)18-11-9-13-20(4)24(21,22)7-3;/h5-15H2,1-4H3,(H2,17,18,19);1H. The predicted octanol–water partition coefficient (Wildman–Crippen LogP) is 2.04. The van der Waals surface area contributed by atoms with Crippen molar-refractivity contribution in [3.05, 3.63) is 0 Å². The van der Waals surface area contributed by atoms with Crippen LogP contribution in [0.4, 0.5) is 0 Å². The van der Waals surface area contributed by atoms with E-state index in [1.54, 1.807) is 14.0 Å². The van der Waals surface area contributed by atoms with Crippen LogP contribution in [0.1, 0.15) is 46.5 Å². The third kappa shape index (κ3) is 14.7. The Kier molecular flexibility index (Phi) is 18.7. The first-order chi connectivity index (χ1) is 11.5. The van der Waals surface area contributed by atoms with Gasteiger partial charge in [-0.25, -0.2) is 12.7 Å². The second kappa shape index (κ2) is 17.3. The van der Waals surface area contributed by atoms with Crippen molar-refractivity contribution < 1.29 is 13.2 Å². The summed E-state index contributed by atoms with van der Waals surface area (Å²) in [6, 6.07) is 0. The minimum absolute atomic E-state index is 0. The third-order valence-corrected chi connectivity index (χ3v) is 5.35. The lowest BCUT2D eigenvalue weighted by Gasteiger charge is -2.16. The highest BCUT2D eigenvalue weighted by Gasteiger charge is 2.13. The number of nitrogens with one attached hydrogen (secondary N) is 2. The number of ether oxygens (including phenoxy) is 1. The van der Waals surface area contributed by atoms with Crippen LogP contribution in [-0.2, 0) is 14.8 Å². The van der Waals surface area contributed by atoms with E-state index in [0.717, 1.165) is 51.4 Å². The second-order valence-corrected chi connectivity index (χ2v) is 7.95. The SMILES string of the molecule is CCCCOCCCN=C(NCC)NCCCN(C)S(=O)(=O)CC.I. The van der Waals surface area contributed by atoms with E-state index in [9.17, 15) is 8.42 Å². The molecule has 0 rings (SSSR count). The molecular weight excluding hydrogens is 455 g/mol. The monoisotopic (exact) mass is 492 g/mol. The molecule has 152 valence electrons. The van der Waals surface area contributed by atoms with Gasteiger partial charge in [0.1, 0.15) is 0 Å². The quantitative estimate of drug-likeness (QED) is 0.168. The largest absolute Gasteiger partial charge is 0.381 e. The van der Waals surface area contributed by atoms with E-state index in [1.165, 1.54) is 4.31 Å². The van der Waals surface area contributed by atoms with Crippen molar-refractivity contribution in [2.45, 2.75) is 46.5 Å². The molecule has 0 unspecified atom stereocenters. The summed E-state index contributed by atoms with van der Waals surface area (Å²) in [5, 5.41) is 6.42. The smallest absolute Gasteiger partial charge is 0.213 e. The van der Waals surface area contributed by atoms with Gasteiger partial charge in [-0.3, -0.25) is 4.99 Å². The van der Waals surface area contributed by atoms with Crippen LogP contribution in [0.15, 0.2) is 4.99 Å². The average molecular weight is 492 g/mol. The fraction of sp³-hybridized carbons (Fsp3) is 0.938. The molecule has 9 heteroatoms. The minimum atomic E-state index is -3.09. The number of guanidine groups is 1. The van der Waals surface area contributed by atoms with Gasteiger partial charge in [0, 0.05) is 46.4 Å². The van der Waals surface area contributed by atoms with E-state index in [2.05, 4.69) is 22.5 Å². The van der Waals surface area contributed by atoms with E-state index in [1.807, 2.05) is 6.92 Å². The lowest BCUT2D eigenvalue weighted by molar-refractivity contribution is 0.130. The van der Waals surface area contributed by atoms with Crippen LogP contribution in [0.2, 0.25) is 0 Å². The molecule has 0 bridgehead atoms. The summed E-state index contributed by atoms with van der Waals surface area (Å²) >= 11 is 0. The molecule has 2 N–H and O–H groups in total. The first-order valence-corrected chi connectivity index (χ1v) is 10.6. The van der Waals surface area contributed by atoms with Crippen molar-refractivity contribution >= 4 is 40.0 Å². The zero-order valence-electron chi connectivity index (χ0n) is 16.2. The second-order valence-electron chi connectivity index (χ2n) is 5.58. The molecule has 0 aliphatic rings. The third-order valence-electron chi connectivity index (χ3n) is 3.49. The fourth-order valence-corrected chi connectivity index (χ4v) is 2.76. The Balaban J connectivity index is 0. The molecule has 0 spiro atoms. The van der Waals surface area contributed by atoms with Crippen LogP contribution in [-0.4, -0.2) is 70.9 Å². The van der Waals surface area contributed by atoms with Crippen molar-refractivity contribution in [2.24, 2.45) is 4.99 Å². The summed E-state index contributed by atoms with van der Waals surface area (Å²) in [5.74, 6) is 0.911. The van der Waals surface area contributed by atoms with Crippen LogP contribution in [0, 0.1) is 0 Å². The lowest BCUT2D eigenvalue weighted by atomic mass is 10.4. The van der Waals surface area contributed by atoms with E-state index in [4.69, 9.17) is 4.74 Å². The topological polar surface area (TPSA) is 83.0 Å². The van der Waals surface area contributed by atoms with Crippen molar-refractivity contribution in [1.29, 1.82) is 0 Å². The highest BCUT2D eigenvalue weighted by atomic mass is 127. The Morgan fingerprint density at radius 1 is 1.08 bits per heavy atom. The van der Waals surface area contributed by atoms with Crippen LogP contribution < -0.4 is 10.6 Å². The Hall–Kier alpha value is -0.130. The van der Waals surface area contributed by atoms with E-state index in [0.29, 0.717) is 19.6 Å². The maximum absolute atomic E-state index is 11.7. The molecule has 0 aliphatic carbocycles. The summed E-state index contributed by atoms with van der Waals surface area (Å²) in [6.07, 6.45) is 3.90. The van der Waals surface area contributed by atoms with Crippen LogP contribution in [0.25, 0.3) is 0 Å². The number of sulfonamides is 1. The molecular formula is C16H37IN4O3S. The summed E-state index contributed by atoms with van der Waals surface area (Å²) in [7, 11) is -1.47. The molecule has 0 atom stereocenters. The first-order valence-electron chi connectivity index (χ1n) is 9.01. The van der Waals surface area contributed by atoms with Gasteiger partial charge < -0.3 is 15.4 Å². The van der Waals surface area contributed by atoms with Gasteiger partial charge in [-0.05, 0) is 33.1 Å². The number of halogens is 1. The molecule has 0 amide bonds. The molecule has 0 aromatic heterocycles. The molecule has 0 saturated carbocycles. The van der Waals surface area contributed by atoms with E-state index >= 15 is 0 Å². The first kappa shape index (κ1) is 27.1. The van der Waals surface area contributed by atoms with Gasteiger partial charge in [0.15, 0.2) is 5.96 Å². The number of aliphatic imine (C=N–C) groups is 1. The Morgan fingerprint density at radius 3 is 2.36 bits per heavy atom. The van der Waals surface area contributed by atoms with Crippen LogP contribution >= 0.6 is 24.0 Å². The Bertz CT molecular complexity index is 433. The predicted molar refractivity (Wildman–Crippen MR) is 116 cm³/mol.